The van der Waals surface area contributed by atoms with Crippen molar-refractivity contribution in [2.75, 3.05) is 0 Å². The molecule has 0 aliphatic heterocycles. The predicted octanol–water partition coefficient (Wildman–Crippen LogP) is 3.28. The van der Waals surface area contributed by atoms with Gasteiger partial charge in [-0.3, -0.25) is 0 Å². The Bertz CT molecular complexity index is 225. The molecule has 0 bridgehead atoms. The standard InChI is InChI=1S/C6H6O.C4H9.Ti/c7-6-4-2-1-3-5-6;1-4(2)3;/h1-5,7H;1-3H3;/q;;+1/p-1. The van der Waals surface area contributed by atoms with Crippen LogP contribution in [0, 0.1) is 0 Å². The van der Waals surface area contributed by atoms with Gasteiger partial charge in [-0.25, -0.2) is 0 Å². The molecule has 0 amide bonds. The van der Waals surface area contributed by atoms with E-state index in [1.54, 1.807) is 0 Å². The third kappa shape index (κ3) is 3.94. The zero-order valence-electron chi connectivity index (χ0n) is 7.79. The zero-order chi connectivity index (χ0) is 9.03. The molecule has 1 nitrogen and oxygen atoms in total. The van der Waals surface area contributed by atoms with Crippen LogP contribution in [0.15, 0.2) is 30.3 Å². The van der Waals surface area contributed by atoms with Crippen molar-refractivity contribution in [2.45, 2.75) is 24.5 Å². The van der Waals surface area contributed by atoms with Crippen molar-refractivity contribution in [3.05, 3.63) is 30.3 Å². The van der Waals surface area contributed by atoms with E-state index in [2.05, 4.69) is 20.8 Å². The van der Waals surface area contributed by atoms with Gasteiger partial charge in [0.2, 0.25) is 0 Å². The summed E-state index contributed by atoms with van der Waals surface area (Å²) in [4.78, 5) is 0. The van der Waals surface area contributed by atoms with Crippen LogP contribution in [-0.2, 0) is 19.5 Å². The average molecular weight is 198 g/mol. The molecular weight excluding hydrogens is 184 g/mol. The summed E-state index contributed by atoms with van der Waals surface area (Å²) >= 11 is -0.328. The van der Waals surface area contributed by atoms with E-state index in [0.29, 0.717) is 3.72 Å². The molecule has 0 heterocycles. The Kier molecular flexibility index (Phi) is 3.36. The number of hydrogen-bond acceptors (Lipinski definition) is 1. The van der Waals surface area contributed by atoms with Crippen LogP contribution in [0.1, 0.15) is 20.8 Å². The minimum absolute atomic E-state index is 0.328. The molecule has 0 saturated carbocycles. The Hall–Kier alpha value is -0.266. The number of benzene rings is 1. The Balaban J connectivity index is 2.44. The fourth-order valence-corrected chi connectivity index (χ4v) is 1.58. The number of hydrogen-bond donors (Lipinski definition) is 0. The third-order valence-corrected chi connectivity index (χ3v) is 2.70. The van der Waals surface area contributed by atoms with Gasteiger partial charge in [0.15, 0.2) is 0 Å². The monoisotopic (exact) mass is 198 g/mol. The van der Waals surface area contributed by atoms with Crippen LogP contribution < -0.4 is 3.32 Å². The van der Waals surface area contributed by atoms with Crippen LogP contribution in [0.2, 0.25) is 3.72 Å². The zero-order valence-corrected chi connectivity index (χ0v) is 9.36. The number of para-hydroxylation sites is 1. The fourth-order valence-electron chi connectivity index (χ4n) is 0.701. The second kappa shape index (κ2) is 4.11. The molecule has 1 rings (SSSR count). The van der Waals surface area contributed by atoms with Crippen molar-refractivity contribution >= 4 is 0 Å². The van der Waals surface area contributed by atoms with E-state index in [1.807, 2.05) is 30.3 Å². The van der Waals surface area contributed by atoms with E-state index in [4.69, 9.17) is 3.32 Å². The molecule has 0 saturated heterocycles. The molecule has 0 radical (unpaired) electrons. The van der Waals surface area contributed by atoms with Crippen molar-refractivity contribution in [3.63, 3.8) is 0 Å². The SMILES string of the molecule is C[C](C)(C)[Ti][O]c1ccccc1. The van der Waals surface area contributed by atoms with Crippen molar-refractivity contribution < 1.29 is 22.9 Å². The Morgan fingerprint density at radius 3 is 2.17 bits per heavy atom. The van der Waals surface area contributed by atoms with Gasteiger partial charge in [-0.2, -0.15) is 0 Å². The first kappa shape index (κ1) is 9.82. The quantitative estimate of drug-likeness (QED) is 0.662. The molecule has 64 valence electrons. The van der Waals surface area contributed by atoms with Gasteiger partial charge in [-0.1, -0.05) is 0 Å². The van der Waals surface area contributed by atoms with Crippen molar-refractivity contribution in [2.24, 2.45) is 0 Å². The van der Waals surface area contributed by atoms with Crippen LogP contribution >= 0.6 is 0 Å². The maximum atomic E-state index is 5.70. The molecule has 0 atom stereocenters. The Labute approximate surface area is 83.5 Å². The van der Waals surface area contributed by atoms with E-state index < -0.39 is 0 Å². The second-order valence-corrected chi connectivity index (χ2v) is 6.75. The summed E-state index contributed by atoms with van der Waals surface area (Å²) in [6.07, 6.45) is 0. The van der Waals surface area contributed by atoms with E-state index in [1.165, 1.54) is 0 Å². The van der Waals surface area contributed by atoms with Gasteiger partial charge in [-0.05, 0) is 0 Å². The van der Waals surface area contributed by atoms with Gasteiger partial charge in [0.25, 0.3) is 0 Å². The van der Waals surface area contributed by atoms with Crippen LogP contribution in [0.3, 0.4) is 0 Å². The molecule has 1 aromatic carbocycles. The predicted molar refractivity (Wildman–Crippen MR) is 46.8 cm³/mol. The minimum atomic E-state index is -0.328. The van der Waals surface area contributed by atoms with Gasteiger partial charge in [-0.15, -0.1) is 0 Å². The molecular formula is C10H14OTi. The van der Waals surface area contributed by atoms with Crippen LogP contribution in [0.5, 0.6) is 5.75 Å². The summed E-state index contributed by atoms with van der Waals surface area (Å²) in [6.45, 7) is 6.65. The summed E-state index contributed by atoms with van der Waals surface area (Å²) in [6, 6.07) is 10.0. The maximum absolute atomic E-state index is 5.70. The summed E-state index contributed by atoms with van der Waals surface area (Å²) in [5.41, 5.74) is 0. The van der Waals surface area contributed by atoms with E-state index in [-0.39, 0.29) is 19.5 Å². The van der Waals surface area contributed by atoms with Gasteiger partial charge in [0.1, 0.15) is 0 Å². The molecule has 0 N–H and O–H groups in total. The normalized spacial score (nSPS) is 10.9. The topological polar surface area (TPSA) is 9.23 Å². The van der Waals surface area contributed by atoms with Crippen LogP contribution in [0.25, 0.3) is 0 Å². The summed E-state index contributed by atoms with van der Waals surface area (Å²) in [5.74, 6) is 1.01. The molecule has 0 unspecified atom stereocenters. The molecule has 1 aromatic rings. The molecule has 0 fully saturated rings. The molecule has 0 aliphatic rings. The first-order valence-corrected chi connectivity index (χ1v) is 5.49. The van der Waals surface area contributed by atoms with E-state index in [0.717, 1.165) is 5.75 Å². The first-order valence-electron chi connectivity index (χ1n) is 4.07. The van der Waals surface area contributed by atoms with Gasteiger partial charge >= 0.3 is 83.4 Å². The average Bonchev–Trinajstić information content (AvgIpc) is 2.02. The third-order valence-electron chi connectivity index (χ3n) is 1.22. The summed E-state index contributed by atoms with van der Waals surface area (Å²) in [7, 11) is 0. The molecule has 2 heteroatoms. The van der Waals surface area contributed by atoms with Crippen molar-refractivity contribution in [1.29, 1.82) is 0 Å². The van der Waals surface area contributed by atoms with E-state index in [9.17, 15) is 0 Å². The number of rotatable bonds is 2. The van der Waals surface area contributed by atoms with E-state index >= 15 is 0 Å². The fraction of sp³-hybridized carbons (Fsp3) is 0.400. The van der Waals surface area contributed by atoms with Gasteiger partial charge < -0.3 is 0 Å². The van der Waals surface area contributed by atoms with Crippen molar-refractivity contribution in [3.8, 4) is 5.75 Å². The van der Waals surface area contributed by atoms with Crippen molar-refractivity contribution in [1.82, 2.24) is 0 Å². The molecule has 12 heavy (non-hydrogen) atoms. The van der Waals surface area contributed by atoms with Crippen LogP contribution in [-0.4, -0.2) is 0 Å². The molecule has 0 aliphatic carbocycles. The van der Waals surface area contributed by atoms with Crippen LogP contribution in [0.4, 0.5) is 0 Å². The first-order chi connectivity index (χ1) is 5.58. The van der Waals surface area contributed by atoms with Gasteiger partial charge in [0, 0.05) is 0 Å². The van der Waals surface area contributed by atoms with Gasteiger partial charge in [0.05, 0.1) is 0 Å². The Morgan fingerprint density at radius 2 is 1.67 bits per heavy atom. The Morgan fingerprint density at radius 1 is 1.08 bits per heavy atom. The second-order valence-electron chi connectivity index (χ2n) is 3.77. The molecule has 0 spiro atoms. The summed E-state index contributed by atoms with van der Waals surface area (Å²) in [5, 5.41) is 0. The molecule has 0 aromatic heterocycles. The summed E-state index contributed by atoms with van der Waals surface area (Å²) < 4.78 is 6.05.